The molecule has 17 heavy (non-hydrogen) atoms. The molecule has 3 N–H and O–H groups in total. The Morgan fingerprint density at radius 2 is 2.00 bits per heavy atom. The van der Waals surface area contributed by atoms with Crippen molar-refractivity contribution in [1.82, 2.24) is 4.90 Å². The quantitative estimate of drug-likeness (QED) is 0.703. The summed E-state index contributed by atoms with van der Waals surface area (Å²) in [5.41, 5.74) is 5.49. The number of nitrogens with zero attached hydrogens (tertiary/aromatic N) is 1. The molecule has 4 heteroatoms. The van der Waals surface area contributed by atoms with Crippen molar-refractivity contribution in [3.63, 3.8) is 0 Å². The van der Waals surface area contributed by atoms with E-state index < -0.39 is 0 Å². The number of nitrogens with two attached hydrogens (primary N) is 1. The van der Waals surface area contributed by atoms with Crippen LogP contribution in [-0.4, -0.2) is 42.2 Å². The molecule has 0 aromatic carbocycles. The lowest BCUT2D eigenvalue weighted by Crippen LogP contribution is -2.47. The highest BCUT2D eigenvalue weighted by molar-refractivity contribution is 5.83. The van der Waals surface area contributed by atoms with E-state index in [2.05, 4.69) is 6.92 Å². The fraction of sp³-hybridized carbons (Fsp3) is 0.923. The zero-order chi connectivity index (χ0) is 12.7. The molecule has 0 unspecified atom stereocenters. The van der Waals surface area contributed by atoms with Gasteiger partial charge in [0.2, 0.25) is 5.91 Å². The van der Waals surface area contributed by atoms with Crippen LogP contribution >= 0.6 is 0 Å². The standard InChI is InChI=1S/C13H26N2O2/c1-2-3-8-15(9-10-16)12(17)13(11-14)6-4-5-7-13/h16H,2-11,14H2,1H3. The molecule has 0 aromatic rings. The third-order valence-corrected chi connectivity index (χ3v) is 3.84. The lowest BCUT2D eigenvalue weighted by molar-refractivity contribution is -0.142. The lowest BCUT2D eigenvalue weighted by atomic mass is 9.84. The van der Waals surface area contributed by atoms with Gasteiger partial charge < -0.3 is 15.7 Å². The number of amides is 1. The first-order chi connectivity index (χ1) is 8.20. The first-order valence-electron chi connectivity index (χ1n) is 6.80. The Labute approximate surface area is 104 Å². The second-order valence-electron chi connectivity index (χ2n) is 5.06. The van der Waals surface area contributed by atoms with E-state index in [1.54, 1.807) is 0 Å². The molecule has 4 nitrogen and oxygen atoms in total. The van der Waals surface area contributed by atoms with Crippen LogP contribution in [0.5, 0.6) is 0 Å². The summed E-state index contributed by atoms with van der Waals surface area (Å²) in [7, 11) is 0. The van der Waals surface area contributed by atoms with Gasteiger partial charge in [-0.25, -0.2) is 0 Å². The Balaban J connectivity index is 2.67. The van der Waals surface area contributed by atoms with Gasteiger partial charge in [0.05, 0.1) is 12.0 Å². The van der Waals surface area contributed by atoms with E-state index in [0.717, 1.165) is 45.1 Å². The lowest BCUT2D eigenvalue weighted by Gasteiger charge is -2.33. The zero-order valence-corrected chi connectivity index (χ0v) is 11.0. The number of aliphatic hydroxyl groups excluding tert-OH is 1. The monoisotopic (exact) mass is 242 g/mol. The molecular formula is C13H26N2O2. The number of carbonyl (C=O) groups excluding carboxylic acids is 1. The molecule has 0 aromatic heterocycles. The number of rotatable bonds is 7. The topological polar surface area (TPSA) is 66.6 Å². The number of carbonyl (C=O) groups is 1. The highest BCUT2D eigenvalue weighted by Gasteiger charge is 2.41. The van der Waals surface area contributed by atoms with Gasteiger partial charge in [0.25, 0.3) is 0 Å². The summed E-state index contributed by atoms with van der Waals surface area (Å²) < 4.78 is 0. The van der Waals surface area contributed by atoms with Crippen molar-refractivity contribution in [3.05, 3.63) is 0 Å². The minimum atomic E-state index is -0.330. The van der Waals surface area contributed by atoms with Crippen molar-refractivity contribution in [1.29, 1.82) is 0 Å². The predicted molar refractivity (Wildman–Crippen MR) is 68.5 cm³/mol. The summed E-state index contributed by atoms with van der Waals surface area (Å²) in [5.74, 6) is 0.167. The molecular weight excluding hydrogens is 216 g/mol. The van der Waals surface area contributed by atoms with E-state index in [1.807, 2.05) is 4.90 Å². The molecule has 1 fully saturated rings. The molecule has 100 valence electrons. The highest BCUT2D eigenvalue weighted by atomic mass is 16.3. The molecule has 0 radical (unpaired) electrons. The Kier molecular flexibility index (Phi) is 5.92. The SMILES string of the molecule is CCCCN(CCO)C(=O)C1(CN)CCCC1. The molecule has 1 saturated carbocycles. The Morgan fingerprint density at radius 1 is 1.35 bits per heavy atom. The summed E-state index contributed by atoms with van der Waals surface area (Å²) >= 11 is 0. The maximum absolute atomic E-state index is 12.5. The van der Waals surface area contributed by atoms with Crippen LogP contribution in [0.15, 0.2) is 0 Å². The van der Waals surface area contributed by atoms with Crippen LogP contribution in [0.1, 0.15) is 45.4 Å². The predicted octanol–water partition coefficient (Wildman–Crippen LogP) is 1.13. The van der Waals surface area contributed by atoms with Crippen LogP contribution < -0.4 is 5.73 Å². The molecule has 1 aliphatic carbocycles. The molecule has 0 bridgehead atoms. The molecule has 0 saturated heterocycles. The van der Waals surface area contributed by atoms with Gasteiger partial charge >= 0.3 is 0 Å². The summed E-state index contributed by atoms with van der Waals surface area (Å²) in [6, 6.07) is 0. The average molecular weight is 242 g/mol. The molecule has 1 aliphatic rings. The first-order valence-corrected chi connectivity index (χ1v) is 6.80. The molecule has 0 atom stereocenters. The largest absolute Gasteiger partial charge is 0.395 e. The third-order valence-electron chi connectivity index (χ3n) is 3.84. The van der Waals surface area contributed by atoms with Gasteiger partial charge in [-0.2, -0.15) is 0 Å². The van der Waals surface area contributed by atoms with Crippen molar-refractivity contribution >= 4 is 5.91 Å². The Hall–Kier alpha value is -0.610. The fourth-order valence-corrected chi connectivity index (χ4v) is 2.68. The van der Waals surface area contributed by atoms with Gasteiger partial charge in [-0.3, -0.25) is 4.79 Å². The van der Waals surface area contributed by atoms with Crippen LogP contribution in [0.4, 0.5) is 0 Å². The van der Waals surface area contributed by atoms with Crippen molar-refractivity contribution in [2.45, 2.75) is 45.4 Å². The zero-order valence-electron chi connectivity index (χ0n) is 11.0. The van der Waals surface area contributed by atoms with E-state index in [4.69, 9.17) is 10.8 Å². The van der Waals surface area contributed by atoms with Gasteiger partial charge in [0.15, 0.2) is 0 Å². The minimum absolute atomic E-state index is 0.0378. The highest BCUT2D eigenvalue weighted by Crippen LogP contribution is 2.38. The van der Waals surface area contributed by atoms with Crippen molar-refractivity contribution in [2.24, 2.45) is 11.1 Å². The van der Waals surface area contributed by atoms with Crippen LogP contribution in [0, 0.1) is 5.41 Å². The van der Waals surface area contributed by atoms with E-state index >= 15 is 0 Å². The second-order valence-corrected chi connectivity index (χ2v) is 5.06. The van der Waals surface area contributed by atoms with Crippen LogP contribution in [0.3, 0.4) is 0 Å². The summed E-state index contributed by atoms with van der Waals surface area (Å²) in [6.07, 6.45) is 6.08. The molecule has 0 spiro atoms. The van der Waals surface area contributed by atoms with Crippen molar-refractivity contribution in [3.8, 4) is 0 Å². The van der Waals surface area contributed by atoms with E-state index in [0.29, 0.717) is 13.1 Å². The number of unbranched alkanes of at least 4 members (excludes halogenated alkanes) is 1. The summed E-state index contributed by atoms with van der Waals surface area (Å²) in [4.78, 5) is 14.3. The Bertz CT molecular complexity index is 238. The number of hydrogen-bond donors (Lipinski definition) is 2. The normalized spacial score (nSPS) is 18.3. The number of aliphatic hydroxyl groups is 1. The van der Waals surface area contributed by atoms with Gasteiger partial charge in [-0.05, 0) is 19.3 Å². The number of hydrogen-bond acceptors (Lipinski definition) is 3. The molecule has 0 heterocycles. The van der Waals surface area contributed by atoms with Crippen molar-refractivity contribution in [2.75, 3.05) is 26.2 Å². The maximum Gasteiger partial charge on any atom is 0.230 e. The fourth-order valence-electron chi connectivity index (χ4n) is 2.68. The molecule has 1 rings (SSSR count). The first kappa shape index (κ1) is 14.5. The minimum Gasteiger partial charge on any atom is -0.395 e. The van der Waals surface area contributed by atoms with Gasteiger partial charge in [0, 0.05) is 19.6 Å². The van der Waals surface area contributed by atoms with E-state index in [9.17, 15) is 4.79 Å². The van der Waals surface area contributed by atoms with Gasteiger partial charge in [-0.1, -0.05) is 26.2 Å². The molecule has 0 aliphatic heterocycles. The van der Waals surface area contributed by atoms with Crippen LogP contribution in [-0.2, 0) is 4.79 Å². The van der Waals surface area contributed by atoms with E-state index in [1.165, 1.54) is 0 Å². The van der Waals surface area contributed by atoms with E-state index in [-0.39, 0.29) is 17.9 Å². The average Bonchev–Trinajstić information content (AvgIpc) is 2.83. The van der Waals surface area contributed by atoms with Crippen LogP contribution in [0.25, 0.3) is 0 Å². The third kappa shape index (κ3) is 3.42. The van der Waals surface area contributed by atoms with Gasteiger partial charge in [-0.15, -0.1) is 0 Å². The maximum atomic E-state index is 12.5. The second kappa shape index (κ2) is 6.97. The summed E-state index contributed by atoms with van der Waals surface area (Å²) in [5, 5.41) is 9.06. The molecule has 1 amide bonds. The van der Waals surface area contributed by atoms with Crippen LogP contribution in [0.2, 0.25) is 0 Å². The Morgan fingerprint density at radius 3 is 2.47 bits per heavy atom. The van der Waals surface area contributed by atoms with Crippen molar-refractivity contribution < 1.29 is 9.90 Å². The summed E-state index contributed by atoms with van der Waals surface area (Å²) in [6.45, 7) is 3.78. The smallest absolute Gasteiger partial charge is 0.230 e. The van der Waals surface area contributed by atoms with Gasteiger partial charge in [0.1, 0.15) is 0 Å².